The molecule has 3 N–H and O–H groups in total. The van der Waals surface area contributed by atoms with E-state index >= 15 is 0 Å². The predicted molar refractivity (Wildman–Crippen MR) is 244 cm³/mol. The number of unbranched alkanes of at least 4 members (excludes halogenated alkanes) is 40. The molecular formula is C51H101NO3. The lowest BCUT2D eigenvalue weighted by Gasteiger charge is -2.20. The Morgan fingerprint density at radius 3 is 0.945 bits per heavy atom. The first-order chi connectivity index (χ1) is 27.2. The van der Waals surface area contributed by atoms with Gasteiger partial charge in [-0.05, 0) is 19.3 Å². The third-order valence-corrected chi connectivity index (χ3v) is 12.0. The van der Waals surface area contributed by atoms with Crippen molar-refractivity contribution >= 4 is 5.91 Å². The zero-order valence-corrected chi connectivity index (χ0v) is 37.7. The third-order valence-electron chi connectivity index (χ3n) is 12.0. The van der Waals surface area contributed by atoms with Crippen LogP contribution in [0.4, 0.5) is 0 Å². The summed E-state index contributed by atoms with van der Waals surface area (Å²) < 4.78 is 0. The van der Waals surface area contributed by atoms with Crippen LogP contribution >= 0.6 is 0 Å². The van der Waals surface area contributed by atoms with E-state index in [0.29, 0.717) is 6.42 Å². The highest BCUT2D eigenvalue weighted by Gasteiger charge is 2.18. The topological polar surface area (TPSA) is 69.6 Å². The quantitative estimate of drug-likeness (QED) is 0.0426. The number of allylic oxidation sites excluding steroid dienone is 1. The van der Waals surface area contributed by atoms with Gasteiger partial charge in [-0.25, -0.2) is 0 Å². The maximum absolute atomic E-state index is 12.3. The molecule has 4 nitrogen and oxygen atoms in total. The van der Waals surface area contributed by atoms with Crippen LogP contribution in [0.5, 0.6) is 0 Å². The minimum Gasteiger partial charge on any atom is -0.394 e. The van der Waals surface area contributed by atoms with Gasteiger partial charge in [-0.3, -0.25) is 4.79 Å². The number of hydrogen-bond acceptors (Lipinski definition) is 3. The predicted octanol–water partition coefficient (Wildman–Crippen LogP) is 16.2. The van der Waals surface area contributed by atoms with Crippen LogP contribution in [0.3, 0.4) is 0 Å². The summed E-state index contributed by atoms with van der Waals surface area (Å²) in [4.78, 5) is 12.3. The van der Waals surface area contributed by atoms with Crippen molar-refractivity contribution in [1.29, 1.82) is 0 Å². The van der Waals surface area contributed by atoms with E-state index in [1.807, 2.05) is 6.08 Å². The van der Waals surface area contributed by atoms with Crippen molar-refractivity contribution in [2.24, 2.45) is 0 Å². The zero-order valence-electron chi connectivity index (χ0n) is 37.7. The average Bonchev–Trinajstić information content (AvgIpc) is 3.19. The molecule has 328 valence electrons. The summed E-state index contributed by atoms with van der Waals surface area (Å²) >= 11 is 0. The van der Waals surface area contributed by atoms with E-state index in [2.05, 4.69) is 19.2 Å². The van der Waals surface area contributed by atoms with Crippen molar-refractivity contribution < 1.29 is 15.0 Å². The summed E-state index contributed by atoms with van der Waals surface area (Å²) in [6.07, 6.45) is 60.9. The van der Waals surface area contributed by atoms with Gasteiger partial charge < -0.3 is 15.5 Å². The molecule has 4 heteroatoms. The van der Waals surface area contributed by atoms with Crippen molar-refractivity contribution in [2.75, 3.05) is 6.61 Å². The van der Waals surface area contributed by atoms with Gasteiger partial charge in [0, 0.05) is 6.42 Å². The first-order valence-corrected chi connectivity index (χ1v) is 25.4. The van der Waals surface area contributed by atoms with Crippen LogP contribution in [-0.4, -0.2) is 34.9 Å². The van der Waals surface area contributed by atoms with Crippen LogP contribution in [0.1, 0.15) is 290 Å². The van der Waals surface area contributed by atoms with Crippen LogP contribution in [0.15, 0.2) is 12.2 Å². The smallest absolute Gasteiger partial charge is 0.220 e. The largest absolute Gasteiger partial charge is 0.394 e. The van der Waals surface area contributed by atoms with Gasteiger partial charge in [0.15, 0.2) is 0 Å². The monoisotopic (exact) mass is 776 g/mol. The van der Waals surface area contributed by atoms with E-state index in [1.165, 1.54) is 244 Å². The van der Waals surface area contributed by atoms with E-state index < -0.39 is 12.1 Å². The Morgan fingerprint density at radius 2 is 0.673 bits per heavy atom. The molecule has 0 aliphatic carbocycles. The molecule has 0 aromatic heterocycles. The lowest BCUT2D eigenvalue weighted by atomic mass is 10.0. The second-order valence-electron chi connectivity index (χ2n) is 17.6. The fourth-order valence-electron chi connectivity index (χ4n) is 8.12. The van der Waals surface area contributed by atoms with Crippen LogP contribution in [0, 0.1) is 0 Å². The molecule has 0 saturated heterocycles. The van der Waals surface area contributed by atoms with E-state index in [4.69, 9.17) is 0 Å². The number of nitrogens with one attached hydrogen (secondary N) is 1. The van der Waals surface area contributed by atoms with Crippen LogP contribution in [0.2, 0.25) is 0 Å². The molecule has 1 amide bonds. The molecule has 0 rings (SSSR count). The summed E-state index contributed by atoms with van der Waals surface area (Å²) in [5.74, 6) is -0.0627. The Balaban J connectivity index is 3.38. The number of carbonyl (C=O) groups is 1. The highest BCUT2D eigenvalue weighted by Crippen LogP contribution is 2.17. The van der Waals surface area contributed by atoms with E-state index in [9.17, 15) is 15.0 Å². The second-order valence-corrected chi connectivity index (χ2v) is 17.6. The molecule has 0 saturated carbocycles. The minimum absolute atomic E-state index is 0.0627. The lowest BCUT2D eigenvalue weighted by Crippen LogP contribution is -2.45. The van der Waals surface area contributed by atoms with Gasteiger partial charge in [-0.2, -0.15) is 0 Å². The summed E-state index contributed by atoms with van der Waals surface area (Å²) in [5.41, 5.74) is 0. The van der Waals surface area contributed by atoms with Crippen LogP contribution in [0.25, 0.3) is 0 Å². The van der Waals surface area contributed by atoms with E-state index in [0.717, 1.165) is 25.7 Å². The molecule has 0 heterocycles. The highest BCUT2D eigenvalue weighted by molar-refractivity contribution is 5.76. The standard InChI is InChI=1S/C51H101NO3/c1-3-5-7-9-11-13-15-16-17-18-19-20-21-22-23-24-25-26-27-28-29-30-31-32-33-34-35-36-37-38-40-42-44-46-50(54)49(48-53)52-51(55)47-45-43-41-39-14-12-10-8-6-4-2/h44,46,49-50,53-54H,3-43,45,47-48H2,1-2H3,(H,52,55)/b46-44+. The fourth-order valence-corrected chi connectivity index (χ4v) is 8.12. The molecule has 2 atom stereocenters. The first kappa shape index (κ1) is 54.1. The molecule has 0 fully saturated rings. The van der Waals surface area contributed by atoms with Crippen molar-refractivity contribution in [3.63, 3.8) is 0 Å². The molecule has 2 unspecified atom stereocenters. The molecule has 0 aromatic carbocycles. The summed E-state index contributed by atoms with van der Waals surface area (Å²) in [6.45, 7) is 4.32. The van der Waals surface area contributed by atoms with Gasteiger partial charge >= 0.3 is 0 Å². The molecule has 0 bridgehead atoms. The van der Waals surface area contributed by atoms with Gasteiger partial charge in [0.2, 0.25) is 5.91 Å². The number of rotatable bonds is 47. The number of carbonyl (C=O) groups excluding carboxylic acids is 1. The number of aliphatic hydroxyl groups excluding tert-OH is 2. The fraction of sp³-hybridized carbons (Fsp3) is 0.941. The van der Waals surface area contributed by atoms with Gasteiger partial charge in [0.1, 0.15) is 0 Å². The minimum atomic E-state index is -0.833. The molecule has 0 aliphatic rings. The molecular weight excluding hydrogens is 675 g/mol. The van der Waals surface area contributed by atoms with Gasteiger partial charge in [0.05, 0.1) is 18.8 Å². The number of amides is 1. The van der Waals surface area contributed by atoms with Gasteiger partial charge in [-0.15, -0.1) is 0 Å². The van der Waals surface area contributed by atoms with Crippen LogP contribution in [-0.2, 0) is 4.79 Å². The number of aliphatic hydroxyl groups is 2. The zero-order chi connectivity index (χ0) is 40.0. The van der Waals surface area contributed by atoms with Crippen molar-refractivity contribution in [2.45, 2.75) is 302 Å². The maximum atomic E-state index is 12.3. The van der Waals surface area contributed by atoms with Crippen LogP contribution < -0.4 is 5.32 Å². The van der Waals surface area contributed by atoms with Crippen molar-refractivity contribution in [3.05, 3.63) is 12.2 Å². The Kier molecular flexibility index (Phi) is 46.8. The summed E-state index contributed by atoms with van der Waals surface area (Å²) in [6, 6.07) is -0.616. The highest BCUT2D eigenvalue weighted by atomic mass is 16.3. The molecule has 55 heavy (non-hydrogen) atoms. The third kappa shape index (κ3) is 44.1. The van der Waals surface area contributed by atoms with Crippen molar-refractivity contribution in [3.8, 4) is 0 Å². The van der Waals surface area contributed by atoms with E-state index in [1.54, 1.807) is 6.08 Å². The number of hydrogen-bond donors (Lipinski definition) is 3. The van der Waals surface area contributed by atoms with E-state index in [-0.39, 0.29) is 12.5 Å². The van der Waals surface area contributed by atoms with Gasteiger partial charge in [0.25, 0.3) is 0 Å². The Labute approximate surface area is 346 Å². The molecule has 0 spiro atoms. The molecule has 0 aromatic rings. The average molecular weight is 776 g/mol. The summed E-state index contributed by atoms with van der Waals surface area (Å²) in [5, 5.41) is 23.0. The summed E-state index contributed by atoms with van der Waals surface area (Å²) in [7, 11) is 0. The molecule has 0 radical (unpaired) electrons. The lowest BCUT2D eigenvalue weighted by molar-refractivity contribution is -0.123. The Morgan fingerprint density at radius 1 is 0.418 bits per heavy atom. The van der Waals surface area contributed by atoms with Gasteiger partial charge in [-0.1, -0.05) is 276 Å². The normalized spacial score (nSPS) is 12.9. The maximum Gasteiger partial charge on any atom is 0.220 e. The van der Waals surface area contributed by atoms with Crippen molar-refractivity contribution in [1.82, 2.24) is 5.32 Å². The second kappa shape index (κ2) is 47.5. The first-order valence-electron chi connectivity index (χ1n) is 25.4. The Hall–Kier alpha value is -0.870. The SMILES string of the molecule is CCCCCCCCCCCCCCCCCCCCCCCCCCCCCCCCC/C=C/C(O)C(CO)NC(=O)CCCCCCCCCCCC. The molecule has 0 aliphatic heterocycles. The Bertz CT molecular complexity index is 754.